The van der Waals surface area contributed by atoms with Gasteiger partial charge in [0.25, 0.3) is 0 Å². The fraction of sp³-hybridized carbons (Fsp3) is 0.421. The first-order chi connectivity index (χ1) is 12.5. The van der Waals surface area contributed by atoms with Gasteiger partial charge in [-0.25, -0.2) is 17.8 Å². The first kappa shape index (κ1) is 21.6. The highest BCUT2D eigenvalue weighted by molar-refractivity contribution is 7.92. The number of halogens is 2. The number of sulfone groups is 1. The van der Waals surface area contributed by atoms with Gasteiger partial charge in [-0.2, -0.15) is 0 Å². The van der Waals surface area contributed by atoms with E-state index in [0.29, 0.717) is 18.7 Å². The number of ether oxygens (including phenoxy) is 1. The molecule has 5 nitrogen and oxygen atoms in total. The summed E-state index contributed by atoms with van der Waals surface area (Å²) in [5.41, 5.74) is 1.08. The van der Waals surface area contributed by atoms with Crippen molar-refractivity contribution in [2.24, 2.45) is 0 Å². The molecule has 0 aliphatic carbocycles. The minimum Gasteiger partial charge on any atom is -0.481 e. The van der Waals surface area contributed by atoms with Gasteiger partial charge >= 0.3 is 0 Å². The van der Waals surface area contributed by atoms with E-state index in [1.54, 1.807) is 24.3 Å². The summed E-state index contributed by atoms with van der Waals surface area (Å²) in [6.45, 7) is 2.31. The molecular formula is C19H24ClFN2O3S. The van der Waals surface area contributed by atoms with Crippen molar-refractivity contribution in [3.8, 4) is 5.88 Å². The zero-order chi connectivity index (χ0) is 18.6. The van der Waals surface area contributed by atoms with Crippen LogP contribution in [0.1, 0.15) is 18.4 Å². The third-order valence-electron chi connectivity index (χ3n) is 4.80. The molecule has 1 saturated heterocycles. The van der Waals surface area contributed by atoms with Crippen LogP contribution in [0.3, 0.4) is 0 Å². The number of hydrogen-bond donors (Lipinski definition) is 0. The predicted molar refractivity (Wildman–Crippen MR) is 105 cm³/mol. The van der Waals surface area contributed by atoms with Gasteiger partial charge in [0.1, 0.15) is 5.82 Å². The van der Waals surface area contributed by atoms with E-state index < -0.39 is 15.1 Å². The van der Waals surface area contributed by atoms with Gasteiger partial charge in [-0.1, -0.05) is 18.2 Å². The van der Waals surface area contributed by atoms with Crippen molar-refractivity contribution in [1.29, 1.82) is 0 Å². The number of hydrogen-bond acceptors (Lipinski definition) is 5. The van der Waals surface area contributed by atoms with Crippen molar-refractivity contribution in [3.63, 3.8) is 0 Å². The van der Waals surface area contributed by atoms with Gasteiger partial charge in [-0.05, 0) is 56.1 Å². The normalized spacial score (nSPS) is 15.9. The Bertz CT molecular complexity index is 838. The second-order valence-electron chi connectivity index (χ2n) is 6.48. The molecule has 0 saturated carbocycles. The largest absolute Gasteiger partial charge is 0.481 e. The molecule has 0 unspecified atom stereocenters. The maximum atomic E-state index is 12.9. The van der Waals surface area contributed by atoms with Crippen molar-refractivity contribution < 1.29 is 17.5 Å². The Kier molecular flexibility index (Phi) is 7.59. The summed E-state index contributed by atoms with van der Waals surface area (Å²) in [6, 6.07) is 11.3. The lowest BCUT2D eigenvalue weighted by atomic mass is 10.1. The van der Waals surface area contributed by atoms with Crippen molar-refractivity contribution in [2.45, 2.75) is 29.5 Å². The molecule has 2 aromatic rings. The minimum atomic E-state index is -3.45. The van der Waals surface area contributed by atoms with Crippen LogP contribution in [-0.4, -0.2) is 50.3 Å². The highest BCUT2D eigenvalue weighted by Gasteiger charge is 2.32. The van der Waals surface area contributed by atoms with Gasteiger partial charge in [0.05, 0.1) is 12.4 Å². The fourth-order valence-corrected chi connectivity index (χ4v) is 4.88. The summed E-state index contributed by atoms with van der Waals surface area (Å²) >= 11 is 0. The molecule has 1 aromatic heterocycles. The van der Waals surface area contributed by atoms with Crippen LogP contribution in [0.4, 0.5) is 4.39 Å². The molecule has 0 N–H and O–H groups in total. The van der Waals surface area contributed by atoms with Crippen LogP contribution in [-0.2, 0) is 16.3 Å². The molecule has 1 fully saturated rings. The van der Waals surface area contributed by atoms with E-state index in [1.165, 1.54) is 25.3 Å². The maximum Gasteiger partial charge on any atom is 0.214 e. The van der Waals surface area contributed by atoms with E-state index in [4.69, 9.17) is 4.74 Å². The van der Waals surface area contributed by atoms with Gasteiger partial charge in [0.15, 0.2) is 14.9 Å². The number of aromatic nitrogens is 1. The third-order valence-corrected chi connectivity index (χ3v) is 6.96. The number of likely N-dealkylation sites (tertiary alicyclic amines) is 1. The van der Waals surface area contributed by atoms with Gasteiger partial charge < -0.3 is 9.64 Å². The second kappa shape index (κ2) is 9.48. The first-order valence-electron chi connectivity index (χ1n) is 8.71. The number of benzene rings is 1. The van der Waals surface area contributed by atoms with Crippen LogP contribution in [0.15, 0.2) is 47.5 Å². The minimum absolute atomic E-state index is 0. The Morgan fingerprint density at radius 1 is 1.15 bits per heavy atom. The lowest BCUT2D eigenvalue weighted by molar-refractivity contribution is 0.232. The van der Waals surface area contributed by atoms with E-state index in [-0.39, 0.29) is 23.3 Å². The first-order valence-corrected chi connectivity index (χ1v) is 10.3. The van der Waals surface area contributed by atoms with Crippen molar-refractivity contribution in [3.05, 3.63) is 53.8 Å². The summed E-state index contributed by atoms with van der Waals surface area (Å²) in [7, 11) is -1.98. The van der Waals surface area contributed by atoms with Crippen LogP contribution in [0.5, 0.6) is 5.88 Å². The average Bonchev–Trinajstić information content (AvgIpc) is 2.68. The van der Waals surface area contributed by atoms with Crippen LogP contribution in [0.2, 0.25) is 0 Å². The van der Waals surface area contributed by atoms with Crippen LogP contribution in [0, 0.1) is 5.82 Å². The van der Waals surface area contributed by atoms with E-state index in [0.717, 1.165) is 31.6 Å². The Morgan fingerprint density at radius 2 is 1.81 bits per heavy atom. The highest BCUT2D eigenvalue weighted by Crippen LogP contribution is 2.24. The van der Waals surface area contributed by atoms with Gasteiger partial charge in [-0.3, -0.25) is 0 Å². The van der Waals surface area contributed by atoms with E-state index in [9.17, 15) is 12.8 Å². The molecule has 0 atom stereocenters. The van der Waals surface area contributed by atoms with Crippen LogP contribution in [0.25, 0.3) is 0 Å². The highest BCUT2D eigenvalue weighted by atomic mass is 35.5. The molecule has 1 aliphatic rings. The zero-order valence-corrected chi connectivity index (χ0v) is 16.8. The molecule has 8 heteroatoms. The Balaban J connectivity index is 0.00000261. The number of methoxy groups -OCH3 is 1. The molecule has 0 spiro atoms. The molecule has 2 heterocycles. The number of piperidine rings is 1. The van der Waals surface area contributed by atoms with E-state index in [2.05, 4.69) is 9.88 Å². The third kappa shape index (κ3) is 5.40. The average molecular weight is 415 g/mol. The number of rotatable bonds is 6. The van der Waals surface area contributed by atoms with Gasteiger partial charge in [-0.15, -0.1) is 12.4 Å². The molecule has 0 bridgehead atoms. The van der Waals surface area contributed by atoms with Crippen LogP contribution < -0.4 is 4.74 Å². The Labute approximate surface area is 165 Å². The van der Waals surface area contributed by atoms with Crippen molar-refractivity contribution in [1.82, 2.24) is 9.88 Å². The molecule has 1 aromatic carbocycles. The number of nitrogens with zero attached hydrogens (tertiary/aromatic N) is 2. The summed E-state index contributed by atoms with van der Waals surface area (Å²) in [4.78, 5) is 6.34. The molecule has 0 radical (unpaired) electrons. The topological polar surface area (TPSA) is 59.5 Å². The second-order valence-corrected chi connectivity index (χ2v) is 8.66. The number of pyridine rings is 1. The lowest BCUT2D eigenvalue weighted by Gasteiger charge is -2.31. The summed E-state index contributed by atoms with van der Waals surface area (Å²) in [5.74, 6) is 0.0775. The van der Waals surface area contributed by atoms with Crippen molar-refractivity contribution >= 4 is 22.2 Å². The molecule has 148 valence electrons. The molecular weight excluding hydrogens is 391 g/mol. The van der Waals surface area contributed by atoms with E-state index in [1.807, 2.05) is 0 Å². The molecule has 3 rings (SSSR count). The van der Waals surface area contributed by atoms with Gasteiger partial charge in [0.2, 0.25) is 5.88 Å². The standard InChI is InChI=1S/C19H23FN2O3S.ClH/c1-25-18-3-2-4-19(21-18)26(23,24)17-10-13-22(14-11-17)12-9-15-5-7-16(20)8-6-15;/h2-8,17H,9-14H2,1H3;1H. The van der Waals surface area contributed by atoms with Gasteiger partial charge in [0, 0.05) is 12.6 Å². The summed E-state index contributed by atoms with van der Waals surface area (Å²) in [6.07, 6.45) is 2.00. The smallest absolute Gasteiger partial charge is 0.214 e. The lowest BCUT2D eigenvalue weighted by Crippen LogP contribution is -2.40. The van der Waals surface area contributed by atoms with E-state index >= 15 is 0 Å². The van der Waals surface area contributed by atoms with Crippen LogP contribution >= 0.6 is 12.4 Å². The Morgan fingerprint density at radius 3 is 2.44 bits per heavy atom. The molecule has 0 amide bonds. The quantitative estimate of drug-likeness (QED) is 0.726. The maximum absolute atomic E-state index is 12.9. The summed E-state index contributed by atoms with van der Waals surface area (Å²) in [5, 5.41) is -0.328. The molecule has 27 heavy (non-hydrogen) atoms. The zero-order valence-electron chi connectivity index (χ0n) is 15.2. The predicted octanol–water partition coefficient (Wildman–Crippen LogP) is 3.13. The molecule has 1 aliphatic heterocycles. The monoisotopic (exact) mass is 414 g/mol. The van der Waals surface area contributed by atoms with Crippen molar-refractivity contribution in [2.75, 3.05) is 26.7 Å². The SMILES string of the molecule is COc1cccc(S(=O)(=O)C2CCN(CCc3ccc(F)cc3)CC2)n1.Cl. The summed E-state index contributed by atoms with van der Waals surface area (Å²) < 4.78 is 43.6. The fourth-order valence-electron chi connectivity index (χ4n) is 3.22. The Hall–Kier alpha value is -1.70.